The quantitative estimate of drug-likeness (QED) is 0.399. The molecule has 2 heterocycles. The number of carbonyl (C=O) groups excluding carboxylic acids is 2. The van der Waals surface area contributed by atoms with Crippen LogP contribution in [0.2, 0.25) is 0 Å². The Kier molecular flexibility index (Phi) is 4.87. The van der Waals surface area contributed by atoms with E-state index in [2.05, 4.69) is 5.32 Å². The van der Waals surface area contributed by atoms with Gasteiger partial charge in [-0.05, 0) is 48.4 Å². The largest absolute Gasteiger partial charge is 0.495 e. The lowest BCUT2D eigenvalue weighted by Crippen LogP contribution is -2.25. The fraction of sp³-hybridized carbons (Fsp3) is 0.0833. The van der Waals surface area contributed by atoms with Crippen LogP contribution in [0.1, 0.15) is 16.1 Å². The fourth-order valence-corrected chi connectivity index (χ4v) is 3.40. The minimum Gasteiger partial charge on any atom is -0.495 e. The van der Waals surface area contributed by atoms with Gasteiger partial charge in [-0.15, -0.1) is 0 Å². The van der Waals surface area contributed by atoms with Crippen LogP contribution >= 0.6 is 0 Å². The van der Waals surface area contributed by atoms with E-state index in [1.807, 2.05) is 67.6 Å². The summed E-state index contributed by atoms with van der Waals surface area (Å²) in [5.74, 6) is -0.825. The summed E-state index contributed by atoms with van der Waals surface area (Å²) in [5.41, 5.74) is 4.18. The fourth-order valence-electron chi connectivity index (χ4n) is 3.40. The summed E-state index contributed by atoms with van der Waals surface area (Å²) in [5, 5.41) is 2.71. The molecule has 4 aromatic rings. The molecule has 5 heteroatoms. The van der Waals surface area contributed by atoms with Crippen molar-refractivity contribution in [2.24, 2.45) is 0 Å². The second-order valence-corrected chi connectivity index (χ2v) is 6.76. The van der Waals surface area contributed by atoms with Crippen LogP contribution in [-0.2, 0) is 4.79 Å². The molecule has 0 saturated carbocycles. The number of carbonyl (C=O) groups is 2. The van der Waals surface area contributed by atoms with E-state index in [1.165, 1.54) is 7.11 Å². The number of nitrogens with one attached hydrogen (secondary N) is 1. The van der Waals surface area contributed by atoms with Gasteiger partial charge in [-0.2, -0.15) is 0 Å². The first-order valence-electron chi connectivity index (χ1n) is 9.24. The monoisotopic (exact) mass is 384 g/mol. The maximum absolute atomic E-state index is 13.2. The number of benzene rings is 2. The molecule has 0 radical (unpaired) electrons. The number of aryl methyl sites for hydroxylation is 1. The molecule has 0 unspecified atom stereocenters. The van der Waals surface area contributed by atoms with Gasteiger partial charge < -0.3 is 14.5 Å². The summed E-state index contributed by atoms with van der Waals surface area (Å²) in [6.07, 6.45) is 1.79. The number of aromatic nitrogens is 1. The number of ether oxygens (including phenoxy) is 1. The smallest absolute Gasteiger partial charge is 0.298 e. The number of anilines is 1. The van der Waals surface area contributed by atoms with Crippen molar-refractivity contribution < 1.29 is 14.3 Å². The Hall–Kier alpha value is -3.86. The van der Waals surface area contributed by atoms with Crippen LogP contribution in [0.25, 0.3) is 16.6 Å². The third kappa shape index (κ3) is 3.50. The van der Waals surface area contributed by atoms with Crippen LogP contribution in [0.5, 0.6) is 5.75 Å². The topological polar surface area (TPSA) is 59.8 Å². The van der Waals surface area contributed by atoms with E-state index in [9.17, 15) is 9.59 Å². The highest BCUT2D eigenvalue weighted by Crippen LogP contribution is 2.29. The van der Waals surface area contributed by atoms with E-state index in [-0.39, 0.29) is 0 Å². The van der Waals surface area contributed by atoms with Crippen molar-refractivity contribution in [3.63, 3.8) is 0 Å². The maximum Gasteiger partial charge on any atom is 0.298 e. The van der Waals surface area contributed by atoms with Crippen molar-refractivity contribution in [1.29, 1.82) is 0 Å². The van der Waals surface area contributed by atoms with Crippen molar-refractivity contribution in [3.05, 3.63) is 90.3 Å². The highest BCUT2D eigenvalue weighted by Gasteiger charge is 2.25. The molecule has 0 saturated heterocycles. The number of rotatable bonds is 5. The van der Waals surface area contributed by atoms with Gasteiger partial charge in [0.25, 0.3) is 11.7 Å². The molecule has 1 N–H and O–H groups in total. The van der Waals surface area contributed by atoms with Gasteiger partial charge >= 0.3 is 0 Å². The Balaban J connectivity index is 1.77. The molecule has 29 heavy (non-hydrogen) atoms. The minimum absolute atomic E-state index is 0.330. The molecule has 0 aliphatic carbocycles. The number of hydrogen-bond donors (Lipinski definition) is 1. The number of pyridine rings is 1. The van der Waals surface area contributed by atoms with Gasteiger partial charge in [0.2, 0.25) is 0 Å². The SMILES string of the molecule is COc1ccc(C)cc1NC(=O)C(=O)c1c(-c2ccccc2)cc2ccccn12. The first-order valence-corrected chi connectivity index (χ1v) is 9.24. The predicted molar refractivity (Wildman–Crippen MR) is 114 cm³/mol. The highest BCUT2D eigenvalue weighted by atomic mass is 16.5. The summed E-state index contributed by atoms with van der Waals surface area (Å²) in [4.78, 5) is 26.1. The molecule has 1 amide bonds. The summed E-state index contributed by atoms with van der Waals surface area (Å²) in [6, 6.07) is 22.6. The van der Waals surface area contributed by atoms with Crippen LogP contribution < -0.4 is 10.1 Å². The third-order valence-electron chi connectivity index (χ3n) is 4.79. The molecule has 0 fully saturated rings. The van der Waals surface area contributed by atoms with Gasteiger partial charge in [-0.25, -0.2) is 0 Å². The molecule has 0 aliphatic heterocycles. The zero-order valence-corrected chi connectivity index (χ0v) is 16.2. The minimum atomic E-state index is -0.713. The van der Waals surface area contributed by atoms with E-state index >= 15 is 0 Å². The number of Topliss-reactive ketones (excluding diaryl/α,β-unsaturated/α-hetero) is 1. The molecule has 2 aromatic carbocycles. The lowest BCUT2D eigenvalue weighted by atomic mass is 10.0. The van der Waals surface area contributed by atoms with E-state index in [0.717, 1.165) is 16.6 Å². The molecule has 0 bridgehead atoms. The lowest BCUT2D eigenvalue weighted by Gasteiger charge is -2.11. The van der Waals surface area contributed by atoms with Crippen LogP contribution in [0.3, 0.4) is 0 Å². The number of nitrogens with zero attached hydrogens (tertiary/aromatic N) is 1. The first kappa shape index (κ1) is 18.5. The molecule has 2 aromatic heterocycles. The predicted octanol–water partition coefficient (Wildman–Crippen LogP) is 4.74. The van der Waals surface area contributed by atoms with E-state index < -0.39 is 11.7 Å². The van der Waals surface area contributed by atoms with Crippen molar-refractivity contribution in [2.45, 2.75) is 6.92 Å². The first-order chi connectivity index (χ1) is 14.1. The average Bonchev–Trinajstić information content (AvgIpc) is 3.13. The molecule has 0 aliphatic rings. The molecule has 0 spiro atoms. The van der Waals surface area contributed by atoms with Crippen LogP contribution in [0.4, 0.5) is 5.69 Å². The number of fused-ring (bicyclic) bond motifs is 1. The van der Waals surface area contributed by atoms with Crippen molar-refractivity contribution >= 4 is 22.9 Å². The number of hydrogen-bond acceptors (Lipinski definition) is 3. The van der Waals surface area contributed by atoms with E-state index in [1.54, 1.807) is 22.7 Å². The highest BCUT2D eigenvalue weighted by molar-refractivity contribution is 6.47. The second-order valence-electron chi connectivity index (χ2n) is 6.76. The zero-order chi connectivity index (χ0) is 20.4. The Morgan fingerprint density at radius 1 is 0.931 bits per heavy atom. The summed E-state index contributed by atoms with van der Waals surface area (Å²) in [7, 11) is 1.52. The molecular weight excluding hydrogens is 364 g/mol. The van der Waals surface area contributed by atoms with E-state index in [4.69, 9.17) is 4.74 Å². The van der Waals surface area contributed by atoms with Crippen molar-refractivity contribution in [3.8, 4) is 16.9 Å². The average molecular weight is 384 g/mol. The normalized spacial score (nSPS) is 10.7. The van der Waals surface area contributed by atoms with Gasteiger partial charge in [0.15, 0.2) is 0 Å². The number of amides is 1. The number of ketones is 1. The van der Waals surface area contributed by atoms with Gasteiger partial charge in [0.1, 0.15) is 11.4 Å². The molecule has 0 atom stereocenters. The van der Waals surface area contributed by atoms with Crippen LogP contribution in [0.15, 0.2) is 79.0 Å². The van der Waals surface area contributed by atoms with Gasteiger partial charge in [-0.3, -0.25) is 9.59 Å². The van der Waals surface area contributed by atoms with Crippen molar-refractivity contribution in [2.75, 3.05) is 12.4 Å². The van der Waals surface area contributed by atoms with Gasteiger partial charge in [-0.1, -0.05) is 42.5 Å². The van der Waals surface area contributed by atoms with Crippen LogP contribution in [-0.4, -0.2) is 23.2 Å². The van der Waals surface area contributed by atoms with Gasteiger partial charge in [0, 0.05) is 17.3 Å². The Morgan fingerprint density at radius 2 is 1.69 bits per heavy atom. The molecule has 4 rings (SSSR count). The summed E-state index contributed by atoms with van der Waals surface area (Å²) < 4.78 is 7.05. The zero-order valence-electron chi connectivity index (χ0n) is 16.2. The summed E-state index contributed by atoms with van der Waals surface area (Å²) in [6.45, 7) is 1.91. The molecular formula is C24H20N2O3. The van der Waals surface area contributed by atoms with Crippen LogP contribution in [0, 0.1) is 6.92 Å². The maximum atomic E-state index is 13.2. The van der Waals surface area contributed by atoms with E-state index in [0.29, 0.717) is 22.7 Å². The second kappa shape index (κ2) is 7.64. The molecule has 5 nitrogen and oxygen atoms in total. The number of methoxy groups -OCH3 is 1. The molecule has 144 valence electrons. The Morgan fingerprint density at radius 3 is 2.45 bits per heavy atom. The Bertz CT molecular complexity index is 1210. The standard InChI is InChI=1S/C24H20N2O3/c1-16-11-12-21(29-2)20(14-16)25-24(28)23(27)22-19(17-8-4-3-5-9-17)15-18-10-6-7-13-26(18)22/h3-15H,1-2H3,(H,25,28). The Labute approximate surface area is 168 Å². The lowest BCUT2D eigenvalue weighted by molar-refractivity contribution is -0.112. The third-order valence-corrected chi connectivity index (χ3v) is 4.79. The van der Waals surface area contributed by atoms with Crippen molar-refractivity contribution in [1.82, 2.24) is 4.40 Å². The summed E-state index contributed by atoms with van der Waals surface area (Å²) >= 11 is 0. The van der Waals surface area contributed by atoms with Gasteiger partial charge in [0.05, 0.1) is 12.8 Å².